The van der Waals surface area contributed by atoms with Crippen LogP contribution in [0.25, 0.3) is 0 Å². The van der Waals surface area contributed by atoms with Crippen LogP contribution in [-0.2, 0) is 19.5 Å². The van der Waals surface area contributed by atoms with Crippen LogP contribution in [0.1, 0.15) is 44.3 Å². The van der Waals surface area contributed by atoms with Crippen molar-refractivity contribution >= 4 is 17.5 Å². The molecule has 1 aliphatic rings. The molecule has 3 aromatic carbocycles. The molecule has 1 aliphatic heterocycles. The zero-order valence-electron chi connectivity index (χ0n) is 20.4. The SMILES string of the molecule is CCN1CCc2ccc(NC(=O)c3cccc(CNC(=O)c4ccc(OC)c(OC)c4)c3)cc2C1. The Morgan fingerprint density at radius 2 is 1.69 bits per heavy atom. The molecule has 3 aromatic rings. The fourth-order valence-corrected chi connectivity index (χ4v) is 4.25. The fourth-order valence-electron chi connectivity index (χ4n) is 4.25. The molecular formula is C28H31N3O4. The summed E-state index contributed by atoms with van der Waals surface area (Å²) < 4.78 is 10.5. The van der Waals surface area contributed by atoms with Crippen molar-refractivity contribution in [2.45, 2.75) is 26.4 Å². The maximum atomic E-state index is 12.9. The Kier molecular flexibility index (Phi) is 7.67. The number of benzene rings is 3. The van der Waals surface area contributed by atoms with Crippen molar-refractivity contribution in [2.24, 2.45) is 0 Å². The average Bonchev–Trinajstić information content (AvgIpc) is 2.90. The zero-order valence-corrected chi connectivity index (χ0v) is 20.4. The quantitative estimate of drug-likeness (QED) is 0.511. The molecule has 0 saturated heterocycles. The predicted molar refractivity (Wildman–Crippen MR) is 136 cm³/mol. The zero-order chi connectivity index (χ0) is 24.8. The van der Waals surface area contributed by atoms with Crippen LogP contribution in [0.5, 0.6) is 11.5 Å². The van der Waals surface area contributed by atoms with Crippen LogP contribution in [0.15, 0.2) is 60.7 Å². The lowest BCUT2D eigenvalue weighted by Gasteiger charge is -2.27. The third-order valence-corrected chi connectivity index (χ3v) is 6.29. The Labute approximate surface area is 206 Å². The Balaban J connectivity index is 1.39. The molecule has 7 heteroatoms. The van der Waals surface area contributed by atoms with Gasteiger partial charge in [-0.05, 0) is 72.1 Å². The van der Waals surface area contributed by atoms with Gasteiger partial charge in [0.05, 0.1) is 14.2 Å². The van der Waals surface area contributed by atoms with Crippen LogP contribution in [0.3, 0.4) is 0 Å². The van der Waals surface area contributed by atoms with Gasteiger partial charge in [0.1, 0.15) is 0 Å². The number of amides is 2. The number of rotatable bonds is 8. The summed E-state index contributed by atoms with van der Waals surface area (Å²) in [6.07, 6.45) is 1.04. The molecule has 0 radical (unpaired) electrons. The molecule has 2 N–H and O–H groups in total. The number of ether oxygens (including phenoxy) is 2. The van der Waals surface area contributed by atoms with Gasteiger partial charge in [0.25, 0.3) is 11.8 Å². The van der Waals surface area contributed by atoms with Gasteiger partial charge in [-0.2, -0.15) is 0 Å². The average molecular weight is 474 g/mol. The van der Waals surface area contributed by atoms with Gasteiger partial charge in [-0.1, -0.05) is 25.1 Å². The molecule has 0 aromatic heterocycles. The lowest BCUT2D eigenvalue weighted by atomic mass is 9.99. The molecule has 0 spiro atoms. The van der Waals surface area contributed by atoms with Crippen LogP contribution in [0.2, 0.25) is 0 Å². The first-order valence-electron chi connectivity index (χ1n) is 11.8. The standard InChI is InChI=1S/C28H31N3O4/c1-4-31-13-12-20-8-10-24(15-23(20)18-31)30-28(33)21-7-5-6-19(14-21)17-29-27(32)22-9-11-25(34-2)26(16-22)35-3/h5-11,14-16H,4,12-13,17-18H2,1-3H3,(H,29,32)(H,30,33). The molecule has 0 unspecified atom stereocenters. The van der Waals surface area contributed by atoms with Gasteiger partial charge < -0.3 is 20.1 Å². The maximum Gasteiger partial charge on any atom is 0.255 e. The van der Waals surface area contributed by atoms with E-state index in [0.717, 1.165) is 37.3 Å². The first-order chi connectivity index (χ1) is 17.0. The van der Waals surface area contributed by atoms with E-state index in [-0.39, 0.29) is 11.8 Å². The minimum Gasteiger partial charge on any atom is -0.493 e. The van der Waals surface area contributed by atoms with Crippen molar-refractivity contribution in [2.75, 3.05) is 32.6 Å². The van der Waals surface area contributed by atoms with Crippen molar-refractivity contribution in [3.63, 3.8) is 0 Å². The van der Waals surface area contributed by atoms with Crippen LogP contribution >= 0.6 is 0 Å². The molecule has 0 atom stereocenters. The van der Waals surface area contributed by atoms with E-state index in [1.807, 2.05) is 18.2 Å². The molecule has 0 saturated carbocycles. The van der Waals surface area contributed by atoms with Crippen molar-refractivity contribution in [3.8, 4) is 11.5 Å². The molecule has 0 bridgehead atoms. The van der Waals surface area contributed by atoms with E-state index >= 15 is 0 Å². The molecule has 4 rings (SSSR count). The number of likely N-dealkylation sites (N-methyl/N-ethyl adjacent to an activating group) is 1. The summed E-state index contributed by atoms with van der Waals surface area (Å²) in [5.41, 5.74) is 5.23. The summed E-state index contributed by atoms with van der Waals surface area (Å²) in [6, 6.07) is 18.4. The predicted octanol–water partition coefficient (Wildman–Crippen LogP) is 4.26. The molecule has 0 aliphatic carbocycles. The summed E-state index contributed by atoms with van der Waals surface area (Å²) in [5.74, 6) is 0.630. The lowest BCUT2D eigenvalue weighted by molar-refractivity contribution is 0.0950. The fraction of sp³-hybridized carbons (Fsp3) is 0.286. The van der Waals surface area contributed by atoms with Crippen molar-refractivity contribution in [1.82, 2.24) is 10.2 Å². The van der Waals surface area contributed by atoms with Crippen molar-refractivity contribution in [1.29, 1.82) is 0 Å². The molecule has 7 nitrogen and oxygen atoms in total. The Morgan fingerprint density at radius 3 is 2.46 bits per heavy atom. The van der Waals surface area contributed by atoms with E-state index in [4.69, 9.17) is 9.47 Å². The highest BCUT2D eigenvalue weighted by Gasteiger charge is 2.16. The van der Waals surface area contributed by atoms with E-state index in [2.05, 4.69) is 34.6 Å². The normalized spacial score (nSPS) is 13.0. The van der Waals surface area contributed by atoms with E-state index in [1.54, 1.807) is 37.4 Å². The summed E-state index contributed by atoms with van der Waals surface area (Å²) in [5, 5.41) is 5.90. The largest absolute Gasteiger partial charge is 0.493 e. The first-order valence-corrected chi connectivity index (χ1v) is 11.8. The number of hydrogen-bond acceptors (Lipinski definition) is 5. The number of fused-ring (bicyclic) bond motifs is 1. The second kappa shape index (κ2) is 11.1. The number of hydrogen-bond donors (Lipinski definition) is 2. The number of carbonyl (C=O) groups is 2. The number of methoxy groups -OCH3 is 2. The van der Waals surface area contributed by atoms with Crippen LogP contribution in [0.4, 0.5) is 5.69 Å². The molecule has 0 fully saturated rings. The van der Waals surface area contributed by atoms with Gasteiger partial charge >= 0.3 is 0 Å². The van der Waals surface area contributed by atoms with Gasteiger partial charge in [-0.3, -0.25) is 14.5 Å². The molecule has 1 heterocycles. The Hall–Kier alpha value is -3.84. The van der Waals surface area contributed by atoms with Crippen molar-refractivity contribution < 1.29 is 19.1 Å². The van der Waals surface area contributed by atoms with E-state index in [0.29, 0.717) is 29.2 Å². The minimum atomic E-state index is -0.240. The van der Waals surface area contributed by atoms with E-state index in [1.165, 1.54) is 18.2 Å². The van der Waals surface area contributed by atoms with Crippen LogP contribution in [0, 0.1) is 0 Å². The number of anilines is 1. The minimum absolute atomic E-state index is 0.179. The van der Waals surface area contributed by atoms with Crippen LogP contribution < -0.4 is 20.1 Å². The van der Waals surface area contributed by atoms with E-state index in [9.17, 15) is 9.59 Å². The van der Waals surface area contributed by atoms with Crippen molar-refractivity contribution in [3.05, 3.63) is 88.5 Å². The monoisotopic (exact) mass is 473 g/mol. The van der Waals surface area contributed by atoms with Gasteiger partial charge in [0.15, 0.2) is 11.5 Å². The third kappa shape index (κ3) is 5.81. The summed E-state index contributed by atoms with van der Waals surface area (Å²) >= 11 is 0. The number of nitrogens with zero attached hydrogens (tertiary/aromatic N) is 1. The summed E-state index contributed by atoms with van der Waals surface area (Å²) in [4.78, 5) is 27.9. The third-order valence-electron chi connectivity index (χ3n) is 6.29. The summed E-state index contributed by atoms with van der Waals surface area (Å²) in [6.45, 7) is 5.46. The first kappa shape index (κ1) is 24.3. The summed E-state index contributed by atoms with van der Waals surface area (Å²) in [7, 11) is 3.08. The van der Waals surface area contributed by atoms with E-state index < -0.39 is 0 Å². The molecule has 182 valence electrons. The van der Waals surface area contributed by atoms with Gasteiger partial charge in [0.2, 0.25) is 0 Å². The second-order valence-electron chi connectivity index (χ2n) is 8.51. The second-order valence-corrected chi connectivity index (χ2v) is 8.51. The molecule has 35 heavy (non-hydrogen) atoms. The Morgan fingerprint density at radius 1 is 0.886 bits per heavy atom. The highest BCUT2D eigenvalue weighted by Crippen LogP contribution is 2.27. The highest BCUT2D eigenvalue weighted by molar-refractivity contribution is 6.04. The smallest absolute Gasteiger partial charge is 0.255 e. The van der Waals surface area contributed by atoms with Gasteiger partial charge in [0, 0.05) is 36.4 Å². The Bertz CT molecular complexity index is 1220. The van der Waals surface area contributed by atoms with Crippen LogP contribution in [-0.4, -0.2) is 44.0 Å². The maximum absolute atomic E-state index is 12.9. The number of carbonyl (C=O) groups excluding carboxylic acids is 2. The lowest BCUT2D eigenvalue weighted by Crippen LogP contribution is -2.30. The molecule has 2 amide bonds. The topological polar surface area (TPSA) is 79.9 Å². The van der Waals surface area contributed by atoms with Gasteiger partial charge in [-0.15, -0.1) is 0 Å². The highest BCUT2D eigenvalue weighted by atomic mass is 16.5. The van der Waals surface area contributed by atoms with Gasteiger partial charge in [-0.25, -0.2) is 0 Å². The molecular weight excluding hydrogens is 442 g/mol. The number of nitrogens with one attached hydrogen (secondary N) is 2.